The quantitative estimate of drug-likeness (QED) is 0.189. The number of imidazole rings is 1. The van der Waals surface area contributed by atoms with Crippen LogP contribution in [0.25, 0.3) is 60.6 Å². The number of aromatic amines is 1. The first-order valence-electron chi connectivity index (χ1n) is 12.3. The number of benzene rings is 2. The van der Waals surface area contributed by atoms with Crippen molar-refractivity contribution in [3.05, 3.63) is 71.0 Å². The van der Waals surface area contributed by atoms with Crippen molar-refractivity contribution in [3.8, 4) is 33.9 Å². The van der Waals surface area contributed by atoms with Gasteiger partial charge in [-0.05, 0) is 48.7 Å². The maximum atomic E-state index is 14.7. The number of aromatic nitrogens is 5. The highest BCUT2D eigenvalue weighted by Crippen LogP contribution is 2.43. The summed E-state index contributed by atoms with van der Waals surface area (Å²) < 4.78 is 5.38. The Morgan fingerprint density at radius 3 is 2.48 bits per heavy atom. The van der Waals surface area contributed by atoms with Gasteiger partial charge in [-0.15, -0.1) is 0 Å². The molecule has 0 aliphatic heterocycles. The number of aryl methyl sites for hydroxylation is 2. The Labute approximate surface area is 229 Å². The number of aromatic carboxylic acids is 1. The standard InChI is InChI=1S/C29H21N5O5S/c1-32-12-33(2)28(40-3)26(32)23-22(18-11-30-19-6-4-13(35)8-15(18)19)27(37)34-21-7-5-14(36)9-16(21)17-10-20(29(38)39)31-24(23)25(17)34/h4-12H,1-3H3,(H3-,30,31,35,36,37,38,39)/p+1. The zero-order valence-corrected chi connectivity index (χ0v) is 22.4. The smallest absolute Gasteiger partial charge is 0.354 e. The van der Waals surface area contributed by atoms with Crippen molar-refractivity contribution in [2.45, 2.75) is 5.03 Å². The molecule has 11 heteroatoms. The van der Waals surface area contributed by atoms with Crippen LogP contribution in [0.3, 0.4) is 0 Å². The number of hydrogen-bond donors (Lipinski definition) is 4. The van der Waals surface area contributed by atoms with E-state index in [9.17, 15) is 24.9 Å². The molecule has 40 heavy (non-hydrogen) atoms. The van der Waals surface area contributed by atoms with E-state index in [-0.39, 0.29) is 22.8 Å². The highest BCUT2D eigenvalue weighted by Gasteiger charge is 2.32. The van der Waals surface area contributed by atoms with Crippen LogP contribution in [-0.2, 0) is 14.1 Å². The van der Waals surface area contributed by atoms with E-state index in [4.69, 9.17) is 0 Å². The second-order valence-electron chi connectivity index (χ2n) is 9.78. The summed E-state index contributed by atoms with van der Waals surface area (Å²) in [5, 5.41) is 33.2. The van der Waals surface area contributed by atoms with Gasteiger partial charge >= 0.3 is 5.97 Å². The number of hydrogen-bond acceptors (Lipinski definition) is 6. The molecule has 4 N–H and O–H groups in total. The third-order valence-corrected chi connectivity index (χ3v) is 8.31. The number of carboxylic acid groups (broad SMARTS) is 1. The normalized spacial score (nSPS) is 12.0. The largest absolute Gasteiger partial charge is 0.508 e. The molecule has 0 aliphatic rings. The summed E-state index contributed by atoms with van der Waals surface area (Å²) in [5.41, 5.74) is 3.56. The van der Waals surface area contributed by atoms with Gasteiger partial charge in [-0.25, -0.2) is 18.9 Å². The van der Waals surface area contributed by atoms with Gasteiger partial charge in [0.1, 0.15) is 22.7 Å². The van der Waals surface area contributed by atoms with Crippen molar-refractivity contribution in [1.82, 2.24) is 18.9 Å². The lowest BCUT2D eigenvalue weighted by molar-refractivity contribution is -0.660. The Morgan fingerprint density at radius 2 is 1.75 bits per heavy atom. The SMILES string of the molecule is CSc1c(-c2c(-c3c[nH]c4ccc(O)cc34)c(=O)n3c4ccc(O)cc4c4cc(C(=O)O)nc2c43)[n+](C)cn1C. The monoisotopic (exact) mass is 552 g/mol. The van der Waals surface area contributed by atoms with Gasteiger partial charge in [0, 0.05) is 33.4 Å². The minimum Gasteiger partial charge on any atom is -0.508 e. The third kappa shape index (κ3) is 3.12. The van der Waals surface area contributed by atoms with Crippen LogP contribution < -0.4 is 10.1 Å². The lowest BCUT2D eigenvalue weighted by atomic mass is 9.96. The van der Waals surface area contributed by atoms with Crippen molar-refractivity contribution in [3.63, 3.8) is 0 Å². The summed E-state index contributed by atoms with van der Waals surface area (Å²) >= 11 is 1.50. The Kier molecular flexibility index (Phi) is 4.95. The molecule has 5 aromatic heterocycles. The molecule has 0 radical (unpaired) electrons. The van der Waals surface area contributed by atoms with Crippen LogP contribution in [0.4, 0.5) is 0 Å². The van der Waals surface area contributed by atoms with Crippen LogP contribution in [0.15, 0.2) is 64.8 Å². The molecule has 0 fully saturated rings. The predicted octanol–water partition coefficient (Wildman–Crippen LogP) is 4.25. The van der Waals surface area contributed by atoms with E-state index >= 15 is 0 Å². The number of carbonyl (C=O) groups is 1. The first kappa shape index (κ1) is 24.0. The van der Waals surface area contributed by atoms with Crippen LogP contribution in [0.1, 0.15) is 10.5 Å². The Bertz CT molecular complexity index is 2260. The van der Waals surface area contributed by atoms with Crippen molar-refractivity contribution in [2.24, 2.45) is 14.1 Å². The van der Waals surface area contributed by atoms with Gasteiger partial charge in [-0.3, -0.25) is 9.20 Å². The summed E-state index contributed by atoms with van der Waals surface area (Å²) in [7, 11) is 3.77. The van der Waals surface area contributed by atoms with Crippen LogP contribution in [0.5, 0.6) is 11.5 Å². The fourth-order valence-electron chi connectivity index (χ4n) is 5.86. The predicted molar refractivity (Wildman–Crippen MR) is 153 cm³/mol. The van der Waals surface area contributed by atoms with E-state index in [0.29, 0.717) is 55.1 Å². The molecular weight excluding hydrogens is 530 g/mol. The fourth-order valence-corrected chi connectivity index (χ4v) is 6.64. The van der Waals surface area contributed by atoms with Gasteiger partial charge in [-0.1, -0.05) is 11.8 Å². The van der Waals surface area contributed by atoms with Crippen molar-refractivity contribution in [1.29, 1.82) is 0 Å². The summed E-state index contributed by atoms with van der Waals surface area (Å²) in [6.07, 6.45) is 5.54. The second kappa shape index (κ2) is 8.23. The number of nitrogens with one attached hydrogen (secondary N) is 1. The average molecular weight is 553 g/mol. The molecule has 7 rings (SSSR count). The molecule has 0 spiro atoms. The molecule has 7 aromatic rings. The Hall–Kier alpha value is -5.03. The molecule has 0 bridgehead atoms. The van der Waals surface area contributed by atoms with Crippen LogP contribution in [0.2, 0.25) is 0 Å². The van der Waals surface area contributed by atoms with Crippen molar-refractivity contribution >= 4 is 56.0 Å². The number of aromatic hydroxyl groups is 2. The number of carboxylic acids is 1. The van der Waals surface area contributed by atoms with Gasteiger partial charge in [0.05, 0.1) is 36.3 Å². The van der Waals surface area contributed by atoms with Gasteiger partial charge < -0.3 is 20.3 Å². The number of nitrogens with zero attached hydrogens (tertiary/aromatic N) is 4. The minimum atomic E-state index is -1.21. The van der Waals surface area contributed by atoms with Gasteiger partial charge in [0.15, 0.2) is 5.69 Å². The lowest BCUT2D eigenvalue weighted by Crippen LogP contribution is -2.29. The molecular formula is C29H22N5O5S+. The van der Waals surface area contributed by atoms with Crippen molar-refractivity contribution < 1.29 is 24.7 Å². The number of fused-ring (bicyclic) bond motifs is 4. The summed E-state index contributed by atoms with van der Waals surface area (Å²) in [6, 6.07) is 11.0. The van der Waals surface area contributed by atoms with E-state index < -0.39 is 5.97 Å². The number of phenols is 2. The van der Waals surface area contributed by atoms with Crippen LogP contribution >= 0.6 is 11.8 Å². The first-order valence-corrected chi connectivity index (χ1v) is 13.5. The zero-order chi connectivity index (χ0) is 28.0. The maximum absolute atomic E-state index is 14.7. The van der Waals surface area contributed by atoms with Crippen LogP contribution in [-0.4, -0.2) is 46.5 Å². The molecule has 0 atom stereocenters. The number of rotatable bonds is 4. The molecule has 0 amide bonds. The molecule has 5 heterocycles. The van der Waals surface area contributed by atoms with E-state index in [1.807, 2.05) is 35.8 Å². The van der Waals surface area contributed by atoms with Crippen LogP contribution in [0, 0.1) is 0 Å². The van der Waals surface area contributed by atoms with Gasteiger partial charge in [0.2, 0.25) is 11.4 Å². The van der Waals surface area contributed by atoms with E-state index in [0.717, 1.165) is 10.5 Å². The van der Waals surface area contributed by atoms with E-state index in [2.05, 4.69) is 9.97 Å². The molecule has 0 saturated carbocycles. The maximum Gasteiger partial charge on any atom is 0.354 e. The minimum absolute atomic E-state index is 0.00637. The van der Waals surface area contributed by atoms with E-state index in [1.54, 1.807) is 34.9 Å². The highest BCUT2D eigenvalue weighted by atomic mass is 32.2. The number of phenolic OH excluding ortho intramolecular Hbond substituents is 2. The summed E-state index contributed by atoms with van der Waals surface area (Å²) in [6.45, 7) is 0. The summed E-state index contributed by atoms with van der Waals surface area (Å²) in [5.74, 6) is -1.17. The average Bonchev–Trinajstić information content (AvgIpc) is 3.56. The van der Waals surface area contributed by atoms with Gasteiger partial charge in [-0.2, -0.15) is 0 Å². The molecule has 198 valence electrons. The Balaban J connectivity index is 1.83. The molecule has 2 aromatic carbocycles. The van der Waals surface area contributed by atoms with Gasteiger partial charge in [0.25, 0.3) is 5.56 Å². The third-order valence-electron chi connectivity index (χ3n) is 7.44. The molecule has 0 saturated heterocycles. The second-order valence-corrected chi connectivity index (χ2v) is 10.6. The zero-order valence-electron chi connectivity index (χ0n) is 21.6. The molecule has 0 aliphatic carbocycles. The summed E-state index contributed by atoms with van der Waals surface area (Å²) in [4.78, 5) is 34.9. The van der Waals surface area contributed by atoms with E-state index in [1.165, 1.54) is 30.0 Å². The topological polar surface area (TPSA) is 137 Å². The number of H-pyrrole nitrogens is 1. The fraction of sp³-hybridized carbons (Fsp3) is 0.103. The Morgan fingerprint density at radius 1 is 1.02 bits per heavy atom. The lowest BCUT2D eigenvalue weighted by Gasteiger charge is -2.13. The number of thioether (sulfide) groups is 1. The van der Waals surface area contributed by atoms with Crippen molar-refractivity contribution in [2.75, 3.05) is 6.26 Å². The number of pyridine rings is 2. The first-order chi connectivity index (χ1) is 19.2. The molecule has 0 unspecified atom stereocenters. The highest BCUT2D eigenvalue weighted by molar-refractivity contribution is 7.98. The molecule has 10 nitrogen and oxygen atoms in total.